The van der Waals surface area contributed by atoms with Gasteiger partial charge < -0.3 is 15.5 Å². The summed E-state index contributed by atoms with van der Waals surface area (Å²) in [6.07, 6.45) is 3.74. The van der Waals surface area contributed by atoms with Gasteiger partial charge in [-0.2, -0.15) is 0 Å². The first-order chi connectivity index (χ1) is 9.60. The van der Waals surface area contributed by atoms with E-state index in [2.05, 4.69) is 15.3 Å². The summed E-state index contributed by atoms with van der Waals surface area (Å²) in [7, 11) is 0. The third kappa shape index (κ3) is 3.45. The van der Waals surface area contributed by atoms with Crippen molar-refractivity contribution in [1.82, 2.24) is 9.97 Å². The van der Waals surface area contributed by atoms with Crippen molar-refractivity contribution in [2.75, 3.05) is 5.32 Å². The Kier molecular flexibility index (Phi) is 4.53. The lowest BCUT2D eigenvalue weighted by atomic mass is 10.0. The van der Waals surface area contributed by atoms with Crippen LogP contribution in [-0.4, -0.2) is 26.2 Å². The number of anilines is 1. The number of benzene rings is 1. The molecular weight excluding hydrogens is 254 g/mol. The van der Waals surface area contributed by atoms with Crippen LogP contribution in [0.25, 0.3) is 0 Å². The van der Waals surface area contributed by atoms with E-state index in [0.29, 0.717) is 5.95 Å². The number of nitrogens with zero attached hydrogens (tertiary/aromatic N) is 2. The monoisotopic (exact) mass is 273 g/mol. The molecule has 1 aromatic heterocycles. The van der Waals surface area contributed by atoms with Crippen LogP contribution >= 0.6 is 0 Å². The van der Waals surface area contributed by atoms with E-state index in [0.717, 1.165) is 17.5 Å². The van der Waals surface area contributed by atoms with E-state index in [4.69, 9.17) is 0 Å². The number of aliphatic hydroxyl groups excluding tert-OH is 1. The SMILES string of the molecule is CCc1cnc(N[C@H](C)[C@@H](O)c2ccc(O)cc2)nc1. The first kappa shape index (κ1) is 14.3. The lowest BCUT2D eigenvalue weighted by molar-refractivity contribution is 0.160. The number of phenols is 1. The number of nitrogens with one attached hydrogen (secondary N) is 1. The van der Waals surface area contributed by atoms with E-state index >= 15 is 0 Å². The van der Waals surface area contributed by atoms with Crippen LogP contribution < -0.4 is 5.32 Å². The first-order valence-corrected chi connectivity index (χ1v) is 6.64. The minimum absolute atomic E-state index is 0.181. The van der Waals surface area contributed by atoms with E-state index in [1.807, 2.05) is 13.8 Å². The van der Waals surface area contributed by atoms with E-state index in [9.17, 15) is 10.2 Å². The van der Waals surface area contributed by atoms with Crippen LogP contribution in [0.2, 0.25) is 0 Å². The second kappa shape index (κ2) is 6.34. The van der Waals surface area contributed by atoms with Crippen LogP contribution in [0.1, 0.15) is 31.1 Å². The molecule has 0 aliphatic carbocycles. The number of phenolic OH excluding ortho intramolecular Hbond substituents is 1. The number of hydrogen-bond donors (Lipinski definition) is 3. The molecule has 0 amide bonds. The molecule has 0 aliphatic heterocycles. The molecule has 2 rings (SSSR count). The lowest BCUT2D eigenvalue weighted by Gasteiger charge is -2.20. The molecule has 2 aromatic rings. The first-order valence-electron chi connectivity index (χ1n) is 6.64. The summed E-state index contributed by atoms with van der Waals surface area (Å²) in [6.45, 7) is 3.90. The number of aromatic hydroxyl groups is 1. The minimum Gasteiger partial charge on any atom is -0.508 e. The fraction of sp³-hybridized carbons (Fsp3) is 0.333. The highest BCUT2D eigenvalue weighted by Gasteiger charge is 2.17. The summed E-state index contributed by atoms with van der Waals surface area (Å²) in [5, 5.41) is 22.6. The predicted octanol–water partition coefficient (Wildman–Crippen LogP) is 2.28. The summed E-state index contributed by atoms with van der Waals surface area (Å²) < 4.78 is 0. The predicted molar refractivity (Wildman–Crippen MR) is 77.6 cm³/mol. The second-order valence-corrected chi connectivity index (χ2v) is 4.74. The molecule has 5 nitrogen and oxygen atoms in total. The Morgan fingerprint density at radius 1 is 1.15 bits per heavy atom. The van der Waals surface area contributed by atoms with E-state index in [1.54, 1.807) is 36.7 Å². The van der Waals surface area contributed by atoms with Crippen molar-refractivity contribution in [1.29, 1.82) is 0 Å². The zero-order chi connectivity index (χ0) is 14.5. The van der Waals surface area contributed by atoms with Gasteiger partial charge in [-0.15, -0.1) is 0 Å². The Balaban J connectivity index is 2.02. The molecule has 1 aromatic carbocycles. The highest BCUT2D eigenvalue weighted by Crippen LogP contribution is 2.21. The molecule has 106 valence electrons. The Morgan fingerprint density at radius 2 is 1.75 bits per heavy atom. The number of rotatable bonds is 5. The van der Waals surface area contributed by atoms with Crippen molar-refractivity contribution >= 4 is 5.95 Å². The molecule has 0 saturated carbocycles. The highest BCUT2D eigenvalue weighted by atomic mass is 16.3. The van der Waals surface area contributed by atoms with E-state index < -0.39 is 6.10 Å². The molecule has 0 fully saturated rings. The Morgan fingerprint density at radius 3 is 2.30 bits per heavy atom. The van der Waals surface area contributed by atoms with Gasteiger partial charge in [0.05, 0.1) is 12.1 Å². The number of aryl methyl sites for hydroxylation is 1. The number of hydrogen-bond acceptors (Lipinski definition) is 5. The van der Waals surface area contributed by atoms with Gasteiger partial charge >= 0.3 is 0 Å². The minimum atomic E-state index is -0.704. The molecule has 20 heavy (non-hydrogen) atoms. The smallest absolute Gasteiger partial charge is 0.222 e. The van der Waals surface area contributed by atoms with Gasteiger partial charge in [-0.05, 0) is 36.6 Å². The van der Waals surface area contributed by atoms with Gasteiger partial charge in [-0.3, -0.25) is 0 Å². The average Bonchev–Trinajstić information content (AvgIpc) is 2.48. The third-order valence-corrected chi connectivity index (χ3v) is 3.18. The van der Waals surface area contributed by atoms with Crippen LogP contribution in [-0.2, 0) is 6.42 Å². The van der Waals surface area contributed by atoms with E-state index in [-0.39, 0.29) is 11.8 Å². The van der Waals surface area contributed by atoms with Crippen molar-refractivity contribution in [3.05, 3.63) is 47.8 Å². The van der Waals surface area contributed by atoms with Gasteiger partial charge in [-0.1, -0.05) is 19.1 Å². The maximum absolute atomic E-state index is 10.2. The van der Waals surface area contributed by atoms with Gasteiger partial charge in [-0.25, -0.2) is 9.97 Å². The highest BCUT2D eigenvalue weighted by molar-refractivity contribution is 5.31. The van der Waals surface area contributed by atoms with Gasteiger partial charge in [0.25, 0.3) is 0 Å². The standard InChI is InChI=1S/C15H19N3O2/c1-3-11-8-16-15(17-9-11)18-10(2)14(20)12-4-6-13(19)7-5-12/h4-10,14,19-20H,3H2,1-2H3,(H,16,17,18)/t10-,14-/m1/s1. The quantitative estimate of drug-likeness (QED) is 0.779. The summed E-state index contributed by atoms with van der Waals surface area (Å²) in [6, 6.07) is 6.25. The molecular formula is C15H19N3O2. The zero-order valence-corrected chi connectivity index (χ0v) is 11.6. The molecule has 5 heteroatoms. The Bertz CT molecular complexity index is 540. The molecule has 0 bridgehead atoms. The summed E-state index contributed by atoms with van der Waals surface area (Å²) >= 11 is 0. The molecule has 2 atom stereocenters. The van der Waals surface area contributed by atoms with Gasteiger partial charge in [0.1, 0.15) is 5.75 Å². The van der Waals surface area contributed by atoms with Crippen LogP contribution in [0.15, 0.2) is 36.7 Å². The Hall–Kier alpha value is -2.14. The summed E-state index contributed by atoms with van der Waals surface area (Å²) in [5.41, 5.74) is 1.80. The summed E-state index contributed by atoms with van der Waals surface area (Å²) in [4.78, 5) is 8.41. The van der Waals surface area contributed by atoms with E-state index in [1.165, 1.54) is 0 Å². The van der Waals surface area contributed by atoms with Gasteiger partial charge in [0.2, 0.25) is 5.95 Å². The Labute approximate surface area is 118 Å². The third-order valence-electron chi connectivity index (χ3n) is 3.18. The normalized spacial score (nSPS) is 13.8. The van der Waals surface area contributed by atoms with Crippen molar-refractivity contribution in [3.8, 4) is 5.75 Å². The van der Waals surface area contributed by atoms with Gasteiger partial charge in [0, 0.05) is 12.4 Å². The maximum atomic E-state index is 10.2. The van der Waals surface area contributed by atoms with Crippen LogP contribution in [0, 0.1) is 0 Å². The fourth-order valence-electron chi connectivity index (χ4n) is 1.85. The average molecular weight is 273 g/mol. The molecule has 0 aliphatic rings. The molecule has 0 radical (unpaired) electrons. The number of aliphatic hydroxyl groups is 1. The molecule has 0 spiro atoms. The molecule has 1 heterocycles. The fourth-order valence-corrected chi connectivity index (χ4v) is 1.85. The van der Waals surface area contributed by atoms with Crippen molar-refractivity contribution in [2.24, 2.45) is 0 Å². The maximum Gasteiger partial charge on any atom is 0.222 e. The van der Waals surface area contributed by atoms with Crippen molar-refractivity contribution in [3.63, 3.8) is 0 Å². The van der Waals surface area contributed by atoms with Crippen molar-refractivity contribution in [2.45, 2.75) is 32.4 Å². The molecule has 0 saturated heterocycles. The summed E-state index contributed by atoms with van der Waals surface area (Å²) in [5.74, 6) is 0.674. The van der Waals surface area contributed by atoms with Crippen LogP contribution in [0.3, 0.4) is 0 Å². The second-order valence-electron chi connectivity index (χ2n) is 4.74. The van der Waals surface area contributed by atoms with Crippen molar-refractivity contribution < 1.29 is 10.2 Å². The molecule has 0 unspecified atom stereocenters. The zero-order valence-electron chi connectivity index (χ0n) is 11.6. The topological polar surface area (TPSA) is 78.3 Å². The number of aromatic nitrogens is 2. The largest absolute Gasteiger partial charge is 0.508 e. The van der Waals surface area contributed by atoms with Crippen LogP contribution in [0.4, 0.5) is 5.95 Å². The molecule has 3 N–H and O–H groups in total. The van der Waals surface area contributed by atoms with Crippen LogP contribution in [0.5, 0.6) is 5.75 Å². The van der Waals surface area contributed by atoms with Gasteiger partial charge in [0.15, 0.2) is 0 Å². The lowest BCUT2D eigenvalue weighted by Crippen LogP contribution is -2.25.